The van der Waals surface area contributed by atoms with E-state index in [1.807, 2.05) is 20.8 Å². The van der Waals surface area contributed by atoms with Crippen molar-refractivity contribution in [2.75, 3.05) is 0 Å². The maximum atomic E-state index is 12.4. The van der Waals surface area contributed by atoms with Crippen LogP contribution in [0.5, 0.6) is 0 Å². The number of ether oxygens (including phenoxy) is 1. The van der Waals surface area contributed by atoms with Crippen molar-refractivity contribution in [3.05, 3.63) is 0 Å². The molecule has 2 aliphatic carbocycles. The molecule has 0 aromatic rings. The number of ketones is 2. The summed E-state index contributed by atoms with van der Waals surface area (Å²) in [6, 6.07) is 0. The summed E-state index contributed by atoms with van der Waals surface area (Å²) in [4.78, 5) is 36.7. The van der Waals surface area contributed by atoms with Gasteiger partial charge in [0.15, 0.2) is 0 Å². The number of rotatable bonds is 1. The second-order valence-electron chi connectivity index (χ2n) is 7.65. The number of carbonyl (C=O) groups is 3. The number of amides is 1. The van der Waals surface area contributed by atoms with E-state index < -0.39 is 33.8 Å². The van der Waals surface area contributed by atoms with Crippen molar-refractivity contribution in [1.29, 1.82) is 0 Å². The van der Waals surface area contributed by atoms with Crippen LogP contribution in [-0.4, -0.2) is 28.8 Å². The summed E-state index contributed by atoms with van der Waals surface area (Å²) in [5, 5.41) is 2.70. The Labute approximate surface area is 119 Å². The van der Waals surface area contributed by atoms with Crippen molar-refractivity contribution in [2.24, 2.45) is 10.8 Å². The van der Waals surface area contributed by atoms with Crippen molar-refractivity contribution in [2.45, 2.75) is 65.5 Å². The van der Waals surface area contributed by atoms with Gasteiger partial charge in [0.2, 0.25) is 11.6 Å². The van der Waals surface area contributed by atoms with Crippen molar-refractivity contribution in [1.82, 2.24) is 5.32 Å². The molecule has 0 radical (unpaired) electrons. The fourth-order valence-corrected chi connectivity index (χ4v) is 3.53. The van der Waals surface area contributed by atoms with Crippen LogP contribution in [0.2, 0.25) is 0 Å². The van der Waals surface area contributed by atoms with Gasteiger partial charge in [-0.05, 0) is 33.6 Å². The molecular formula is C15H23NO4. The van der Waals surface area contributed by atoms with Crippen molar-refractivity contribution in [3.63, 3.8) is 0 Å². The minimum absolute atomic E-state index is 0.371. The largest absolute Gasteiger partial charge is 0.444 e. The Bertz CT molecular complexity index is 502. The Morgan fingerprint density at radius 1 is 1.10 bits per heavy atom. The average Bonchev–Trinajstić information content (AvgIpc) is 2.50. The predicted octanol–water partition coefficient (Wildman–Crippen LogP) is 2.23. The van der Waals surface area contributed by atoms with E-state index in [2.05, 4.69) is 5.32 Å². The molecule has 0 heterocycles. The zero-order chi connectivity index (χ0) is 15.6. The predicted molar refractivity (Wildman–Crippen MR) is 73.2 cm³/mol. The topological polar surface area (TPSA) is 72.5 Å². The molecule has 0 aromatic heterocycles. The van der Waals surface area contributed by atoms with Gasteiger partial charge in [0.1, 0.15) is 11.1 Å². The Morgan fingerprint density at radius 2 is 1.65 bits per heavy atom. The molecule has 20 heavy (non-hydrogen) atoms. The molecular weight excluding hydrogens is 258 g/mol. The first kappa shape index (κ1) is 15.0. The number of hydrogen-bond acceptors (Lipinski definition) is 4. The first-order chi connectivity index (χ1) is 8.87. The molecule has 1 N–H and O–H groups in total. The lowest BCUT2D eigenvalue weighted by molar-refractivity contribution is -0.142. The monoisotopic (exact) mass is 281 g/mol. The third kappa shape index (κ3) is 1.64. The molecule has 0 spiro atoms. The lowest BCUT2D eigenvalue weighted by Gasteiger charge is -2.38. The van der Waals surface area contributed by atoms with Gasteiger partial charge in [0, 0.05) is 10.8 Å². The number of fused-ring (bicyclic) bond motifs is 2. The van der Waals surface area contributed by atoms with E-state index in [1.54, 1.807) is 20.8 Å². The summed E-state index contributed by atoms with van der Waals surface area (Å²) in [6.07, 6.45) is 0.457. The lowest BCUT2D eigenvalue weighted by atomic mass is 9.68. The standard InChI is InChI=1S/C15H23NO4/c1-12(2,3)20-11(19)16-15-8-7-14(6,13(15,4)5)9(17)10(15)18/h7-8H2,1-6H3,(H,16,19)/t14-,15-/m1/s1. The quantitative estimate of drug-likeness (QED) is 0.748. The molecule has 5 nitrogen and oxygen atoms in total. The highest BCUT2D eigenvalue weighted by Gasteiger charge is 2.75. The van der Waals surface area contributed by atoms with Crippen LogP contribution in [0.15, 0.2) is 0 Å². The van der Waals surface area contributed by atoms with Gasteiger partial charge in [0.05, 0.1) is 0 Å². The fraction of sp³-hybridized carbons (Fsp3) is 0.800. The van der Waals surface area contributed by atoms with Crippen molar-refractivity contribution >= 4 is 17.7 Å². The first-order valence-electron chi connectivity index (χ1n) is 6.98. The van der Waals surface area contributed by atoms with Gasteiger partial charge in [-0.25, -0.2) is 4.79 Å². The number of hydrogen-bond donors (Lipinski definition) is 1. The van der Waals surface area contributed by atoms with Crippen LogP contribution in [0.4, 0.5) is 4.79 Å². The van der Waals surface area contributed by atoms with E-state index >= 15 is 0 Å². The molecule has 2 rings (SSSR count). The van der Waals surface area contributed by atoms with Gasteiger partial charge in [0.25, 0.3) is 0 Å². The molecule has 0 aliphatic heterocycles. The van der Waals surface area contributed by atoms with Crippen LogP contribution < -0.4 is 5.32 Å². The molecule has 0 saturated heterocycles. The third-order valence-electron chi connectivity index (χ3n) is 5.26. The summed E-state index contributed by atoms with van der Waals surface area (Å²) in [5.41, 5.74) is -3.07. The highest BCUT2D eigenvalue weighted by Crippen LogP contribution is 2.64. The van der Waals surface area contributed by atoms with Gasteiger partial charge in [-0.15, -0.1) is 0 Å². The molecule has 0 aromatic carbocycles. The highest BCUT2D eigenvalue weighted by molar-refractivity contribution is 6.46. The minimum Gasteiger partial charge on any atom is -0.444 e. The number of carbonyl (C=O) groups excluding carboxylic acids is 3. The summed E-state index contributed by atoms with van der Waals surface area (Å²) in [5.74, 6) is -0.855. The van der Waals surface area contributed by atoms with Crippen molar-refractivity contribution in [3.8, 4) is 0 Å². The van der Waals surface area contributed by atoms with Crippen LogP contribution in [0.1, 0.15) is 54.4 Å². The smallest absolute Gasteiger partial charge is 0.408 e. The lowest BCUT2D eigenvalue weighted by Crippen LogP contribution is -2.59. The van der Waals surface area contributed by atoms with E-state index in [1.165, 1.54) is 0 Å². The number of Topliss-reactive ketones (excluding diaryl/α,β-unsaturated/α-hetero) is 2. The van der Waals surface area contributed by atoms with Gasteiger partial charge in [-0.1, -0.05) is 20.8 Å². The van der Waals surface area contributed by atoms with E-state index in [4.69, 9.17) is 4.74 Å². The van der Waals surface area contributed by atoms with Gasteiger partial charge in [-0.2, -0.15) is 0 Å². The van der Waals surface area contributed by atoms with E-state index in [0.29, 0.717) is 12.8 Å². The van der Waals surface area contributed by atoms with E-state index in [-0.39, 0.29) is 5.78 Å². The average molecular weight is 281 g/mol. The maximum Gasteiger partial charge on any atom is 0.408 e. The Morgan fingerprint density at radius 3 is 2.05 bits per heavy atom. The highest BCUT2D eigenvalue weighted by atomic mass is 16.6. The molecule has 2 saturated carbocycles. The van der Waals surface area contributed by atoms with Crippen LogP contribution in [0.25, 0.3) is 0 Å². The molecule has 112 valence electrons. The Balaban J connectivity index is 2.33. The van der Waals surface area contributed by atoms with Crippen LogP contribution in [0, 0.1) is 10.8 Å². The van der Waals surface area contributed by atoms with Crippen LogP contribution in [0.3, 0.4) is 0 Å². The van der Waals surface area contributed by atoms with Crippen LogP contribution >= 0.6 is 0 Å². The molecule has 2 fully saturated rings. The van der Waals surface area contributed by atoms with E-state index in [9.17, 15) is 14.4 Å². The first-order valence-corrected chi connectivity index (χ1v) is 6.98. The van der Waals surface area contributed by atoms with Gasteiger partial charge in [-0.3, -0.25) is 9.59 Å². The summed E-state index contributed by atoms with van der Waals surface area (Å²) in [6.45, 7) is 10.8. The molecule has 5 heteroatoms. The summed E-state index contributed by atoms with van der Waals surface area (Å²) >= 11 is 0. The fourth-order valence-electron chi connectivity index (χ4n) is 3.53. The molecule has 2 aliphatic rings. The zero-order valence-electron chi connectivity index (χ0n) is 13.0. The molecule has 0 unspecified atom stereocenters. The summed E-state index contributed by atoms with van der Waals surface area (Å²) < 4.78 is 5.24. The maximum absolute atomic E-state index is 12.4. The molecule has 2 atom stereocenters. The van der Waals surface area contributed by atoms with Gasteiger partial charge >= 0.3 is 6.09 Å². The normalized spacial score (nSPS) is 35.3. The molecule has 1 amide bonds. The second-order valence-corrected chi connectivity index (χ2v) is 7.65. The Hall–Kier alpha value is -1.39. The van der Waals surface area contributed by atoms with E-state index in [0.717, 1.165) is 0 Å². The SMILES string of the molecule is CC(C)(C)OC(=O)N[C@]12CC[C@](C)(C(=O)C1=O)C2(C)C. The number of nitrogens with one attached hydrogen (secondary N) is 1. The number of alkyl carbamates (subject to hydrolysis) is 1. The third-order valence-corrected chi connectivity index (χ3v) is 5.26. The Kier molecular flexibility index (Phi) is 2.87. The molecule has 2 bridgehead atoms. The van der Waals surface area contributed by atoms with Crippen molar-refractivity contribution < 1.29 is 19.1 Å². The van der Waals surface area contributed by atoms with Gasteiger partial charge < -0.3 is 10.1 Å². The zero-order valence-corrected chi connectivity index (χ0v) is 13.0. The second kappa shape index (κ2) is 3.83. The summed E-state index contributed by atoms with van der Waals surface area (Å²) in [7, 11) is 0. The van der Waals surface area contributed by atoms with Crippen LogP contribution in [-0.2, 0) is 14.3 Å². The minimum atomic E-state index is -1.12.